The van der Waals surface area contributed by atoms with Crippen molar-refractivity contribution in [1.82, 2.24) is 19.7 Å². The van der Waals surface area contributed by atoms with Crippen molar-refractivity contribution in [1.29, 1.82) is 0 Å². The van der Waals surface area contributed by atoms with Crippen LogP contribution in [-0.4, -0.2) is 26.4 Å². The van der Waals surface area contributed by atoms with Gasteiger partial charge < -0.3 is 4.74 Å². The van der Waals surface area contributed by atoms with E-state index < -0.39 is 5.54 Å². The van der Waals surface area contributed by atoms with Crippen molar-refractivity contribution in [3.05, 3.63) is 118 Å². The van der Waals surface area contributed by atoms with Gasteiger partial charge in [0.15, 0.2) is 5.65 Å². The first-order chi connectivity index (χ1) is 15.8. The molecule has 0 aliphatic heterocycles. The normalized spacial score (nSPS) is 11.6. The van der Waals surface area contributed by atoms with Crippen LogP contribution in [0, 0.1) is 3.70 Å². The topological polar surface area (TPSA) is 52.8 Å². The first kappa shape index (κ1) is 20.6. The van der Waals surface area contributed by atoms with Crippen LogP contribution in [0.1, 0.15) is 23.6 Å². The number of aromatic nitrogens is 4. The van der Waals surface area contributed by atoms with Crippen molar-refractivity contribution >= 4 is 33.6 Å². The summed E-state index contributed by atoms with van der Waals surface area (Å²) in [5, 5.41) is 5.88. The molecule has 158 valence electrons. The number of fused-ring (bicyclic) bond motifs is 1. The third-order valence-corrected chi connectivity index (χ3v) is 6.32. The molecule has 0 radical (unpaired) electrons. The van der Waals surface area contributed by atoms with Crippen molar-refractivity contribution in [2.24, 2.45) is 0 Å². The molecule has 0 fully saturated rings. The Bertz CT molecular complexity index is 1240. The number of hydrogen-bond donors (Lipinski definition) is 0. The summed E-state index contributed by atoms with van der Waals surface area (Å²) in [6.45, 7) is 2.47. The zero-order valence-electron chi connectivity index (χ0n) is 17.5. The third-order valence-electron chi connectivity index (χ3n) is 5.56. The number of ether oxygens (including phenoxy) is 1. The van der Waals surface area contributed by atoms with E-state index in [1.165, 1.54) is 0 Å². The van der Waals surface area contributed by atoms with Gasteiger partial charge in [0.1, 0.15) is 21.0 Å². The van der Waals surface area contributed by atoms with Crippen molar-refractivity contribution in [2.45, 2.75) is 12.5 Å². The molecule has 0 spiro atoms. The molecular formula is C26H21IN4O. The fourth-order valence-electron chi connectivity index (χ4n) is 4.27. The fraction of sp³-hybridized carbons (Fsp3) is 0.115. The molecule has 6 heteroatoms. The van der Waals surface area contributed by atoms with E-state index in [2.05, 4.69) is 100 Å². The lowest BCUT2D eigenvalue weighted by Gasteiger charge is -2.36. The molecule has 0 bridgehead atoms. The van der Waals surface area contributed by atoms with Gasteiger partial charge in [0.05, 0.1) is 6.61 Å². The average Bonchev–Trinajstić information content (AvgIpc) is 3.19. The Morgan fingerprint density at radius 3 is 1.75 bits per heavy atom. The van der Waals surface area contributed by atoms with Crippen LogP contribution >= 0.6 is 22.6 Å². The number of rotatable bonds is 6. The Labute approximate surface area is 200 Å². The minimum absolute atomic E-state index is 0.522. The molecule has 2 heterocycles. The fourth-order valence-corrected chi connectivity index (χ4v) is 4.96. The summed E-state index contributed by atoms with van der Waals surface area (Å²) in [6, 6.07) is 31.3. The molecule has 0 N–H and O–H groups in total. The lowest BCUT2D eigenvalue weighted by Crippen LogP contribution is -2.38. The van der Waals surface area contributed by atoms with Crippen LogP contribution in [0.15, 0.2) is 97.3 Å². The van der Waals surface area contributed by atoms with Gasteiger partial charge >= 0.3 is 0 Å². The Kier molecular flexibility index (Phi) is 5.61. The van der Waals surface area contributed by atoms with Crippen molar-refractivity contribution in [3.63, 3.8) is 0 Å². The van der Waals surface area contributed by atoms with Crippen LogP contribution in [0.5, 0.6) is 5.88 Å². The minimum atomic E-state index is -0.733. The van der Waals surface area contributed by atoms with Gasteiger partial charge in [-0.15, -0.1) is 0 Å². The van der Waals surface area contributed by atoms with Gasteiger partial charge in [-0.05, 0) is 46.2 Å². The summed E-state index contributed by atoms with van der Waals surface area (Å²) >= 11 is 2.25. The monoisotopic (exact) mass is 532 g/mol. The average molecular weight is 532 g/mol. The van der Waals surface area contributed by atoms with Gasteiger partial charge in [-0.2, -0.15) is 5.10 Å². The molecule has 0 saturated heterocycles. The molecule has 2 aromatic heterocycles. The molecule has 3 aromatic carbocycles. The van der Waals surface area contributed by atoms with Crippen molar-refractivity contribution in [3.8, 4) is 5.88 Å². The molecule has 32 heavy (non-hydrogen) atoms. The highest BCUT2D eigenvalue weighted by Gasteiger charge is 2.41. The minimum Gasteiger partial charge on any atom is -0.477 e. The predicted molar refractivity (Wildman–Crippen MR) is 134 cm³/mol. The highest BCUT2D eigenvalue weighted by Crippen LogP contribution is 2.43. The zero-order chi connectivity index (χ0) is 22.0. The van der Waals surface area contributed by atoms with Crippen LogP contribution in [0.4, 0.5) is 0 Å². The van der Waals surface area contributed by atoms with Crippen LogP contribution in [0.3, 0.4) is 0 Å². The maximum atomic E-state index is 5.83. The number of nitrogens with zero attached hydrogens (tertiary/aromatic N) is 4. The van der Waals surface area contributed by atoms with Crippen LogP contribution in [-0.2, 0) is 5.54 Å². The lowest BCUT2D eigenvalue weighted by molar-refractivity contribution is 0.330. The summed E-state index contributed by atoms with van der Waals surface area (Å²) in [5.41, 5.74) is 3.27. The van der Waals surface area contributed by atoms with E-state index in [0.29, 0.717) is 12.5 Å². The Balaban J connectivity index is 1.96. The van der Waals surface area contributed by atoms with E-state index >= 15 is 0 Å². The van der Waals surface area contributed by atoms with Gasteiger partial charge in [-0.1, -0.05) is 91.0 Å². The molecule has 5 nitrogen and oxygen atoms in total. The van der Waals surface area contributed by atoms with E-state index in [-0.39, 0.29) is 0 Å². The van der Waals surface area contributed by atoms with E-state index in [1.54, 1.807) is 6.33 Å². The summed E-state index contributed by atoms with van der Waals surface area (Å²) < 4.78 is 8.66. The molecule has 0 aliphatic rings. The second kappa shape index (κ2) is 8.70. The highest BCUT2D eigenvalue weighted by atomic mass is 127. The smallest absolute Gasteiger partial charge is 0.228 e. The van der Waals surface area contributed by atoms with Crippen LogP contribution in [0.2, 0.25) is 0 Å². The van der Waals surface area contributed by atoms with E-state index in [9.17, 15) is 0 Å². The number of halogens is 1. The van der Waals surface area contributed by atoms with Gasteiger partial charge in [0.2, 0.25) is 5.88 Å². The van der Waals surface area contributed by atoms with Gasteiger partial charge in [-0.3, -0.25) is 0 Å². The van der Waals surface area contributed by atoms with E-state index in [4.69, 9.17) is 14.8 Å². The molecule has 5 aromatic rings. The van der Waals surface area contributed by atoms with Gasteiger partial charge in [0, 0.05) is 0 Å². The maximum Gasteiger partial charge on any atom is 0.228 e. The predicted octanol–water partition coefficient (Wildman–Crippen LogP) is 5.67. The summed E-state index contributed by atoms with van der Waals surface area (Å²) in [4.78, 5) is 9.07. The van der Waals surface area contributed by atoms with Crippen molar-refractivity contribution in [2.75, 3.05) is 6.61 Å². The van der Waals surface area contributed by atoms with E-state index in [0.717, 1.165) is 31.4 Å². The molecular weight excluding hydrogens is 511 g/mol. The highest BCUT2D eigenvalue weighted by molar-refractivity contribution is 14.1. The van der Waals surface area contributed by atoms with Crippen LogP contribution in [0.25, 0.3) is 11.0 Å². The largest absolute Gasteiger partial charge is 0.477 e. The van der Waals surface area contributed by atoms with Gasteiger partial charge in [0.25, 0.3) is 0 Å². The molecule has 0 aliphatic carbocycles. The van der Waals surface area contributed by atoms with Crippen molar-refractivity contribution < 1.29 is 4.74 Å². The molecule has 5 rings (SSSR count). The summed E-state index contributed by atoms with van der Waals surface area (Å²) in [7, 11) is 0. The Hall–Kier alpha value is -3.26. The summed E-state index contributed by atoms with van der Waals surface area (Å²) in [5.74, 6) is 0.552. The standard InChI is InChI=1S/C26H21IN4O/c1-2-32-25-22-23(27)30-31(24(22)28-18-29-25)26(19-12-6-3-7-13-19,20-14-8-4-9-15-20)21-16-10-5-11-17-21/h3-18H,2H2,1H3. The quantitative estimate of drug-likeness (QED) is 0.209. The van der Waals surface area contributed by atoms with Gasteiger partial charge in [-0.25, -0.2) is 14.6 Å². The maximum absolute atomic E-state index is 5.83. The molecule has 0 saturated carbocycles. The number of benzene rings is 3. The first-order valence-corrected chi connectivity index (χ1v) is 11.5. The second-order valence-electron chi connectivity index (χ2n) is 7.32. The van der Waals surface area contributed by atoms with Crippen LogP contribution < -0.4 is 4.74 Å². The molecule has 0 atom stereocenters. The second-order valence-corrected chi connectivity index (χ2v) is 8.34. The number of hydrogen-bond acceptors (Lipinski definition) is 4. The summed E-state index contributed by atoms with van der Waals surface area (Å²) in [6.07, 6.45) is 1.55. The van der Waals surface area contributed by atoms with E-state index in [1.807, 2.05) is 29.8 Å². The third kappa shape index (κ3) is 3.26. The lowest BCUT2D eigenvalue weighted by atomic mass is 9.77. The Morgan fingerprint density at radius 1 is 0.781 bits per heavy atom. The first-order valence-electron chi connectivity index (χ1n) is 10.5. The Morgan fingerprint density at radius 2 is 1.28 bits per heavy atom. The SMILES string of the molecule is CCOc1ncnc2c1c(I)nn2C(c1ccccc1)(c1ccccc1)c1ccccc1. The molecule has 0 amide bonds. The molecule has 0 unspecified atom stereocenters. The zero-order valence-corrected chi connectivity index (χ0v) is 19.7.